The molecule has 0 nitrogen and oxygen atoms in total. The molecule has 0 aromatic heterocycles. The number of allylic oxidation sites excluding steroid dienone is 1. The minimum absolute atomic E-state index is 0. The molecule has 117 valence electrons. The Hall–Kier alpha value is -0.170. The molecule has 1 heteroatoms. The Morgan fingerprint density at radius 2 is 1.59 bits per heavy atom. The predicted molar refractivity (Wildman–Crippen MR) is 92.4 cm³/mol. The van der Waals surface area contributed by atoms with Gasteiger partial charge in [-0.25, -0.2) is 0 Å². The van der Waals surface area contributed by atoms with Gasteiger partial charge in [-0.05, 0) is 59.8 Å². The van der Waals surface area contributed by atoms with E-state index in [1.807, 2.05) is 0 Å². The van der Waals surface area contributed by atoms with Crippen molar-refractivity contribution in [3.05, 3.63) is 46.4 Å². The van der Waals surface area contributed by atoms with Gasteiger partial charge in [0, 0.05) is 31.8 Å². The van der Waals surface area contributed by atoms with E-state index in [2.05, 4.69) is 45.1 Å². The van der Waals surface area contributed by atoms with Crippen LogP contribution in [0.4, 0.5) is 0 Å². The van der Waals surface area contributed by atoms with Crippen molar-refractivity contribution in [1.29, 1.82) is 0 Å². The number of fused-ring (bicyclic) bond motifs is 2. The molecule has 0 heterocycles. The summed E-state index contributed by atoms with van der Waals surface area (Å²) in [6.07, 6.45) is 15.2. The van der Waals surface area contributed by atoms with Crippen LogP contribution < -0.4 is 0 Å². The van der Waals surface area contributed by atoms with Gasteiger partial charge in [0.1, 0.15) is 0 Å². The Labute approximate surface area is 155 Å². The summed E-state index contributed by atoms with van der Waals surface area (Å²) in [5, 5.41) is 0. The first-order valence-corrected chi connectivity index (χ1v) is 8.91. The third kappa shape index (κ3) is 3.35. The molecule has 0 saturated heterocycles. The van der Waals surface area contributed by atoms with Crippen molar-refractivity contribution in [1.82, 2.24) is 0 Å². The van der Waals surface area contributed by atoms with Gasteiger partial charge in [-0.2, -0.15) is 0 Å². The summed E-state index contributed by atoms with van der Waals surface area (Å²) in [5.74, 6) is 1.58. The molecule has 0 amide bonds. The molecule has 0 bridgehead atoms. The third-order valence-electron chi connectivity index (χ3n) is 5.86. The van der Waals surface area contributed by atoms with E-state index in [1.54, 1.807) is 17.0 Å². The zero-order valence-electron chi connectivity index (χ0n) is 14.5. The summed E-state index contributed by atoms with van der Waals surface area (Å²) < 4.78 is 0. The molecule has 3 rings (SSSR count). The summed E-state index contributed by atoms with van der Waals surface area (Å²) in [5.41, 5.74) is 6.81. The number of rotatable bonds is 6. The Bertz CT molecular complexity index is 537. The van der Waals surface area contributed by atoms with E-state index in [9.17, 15) is 0 Å². The van der Waals surface area contributed by atoms with Gasteiger partial charge in [-0.1, -0.05) is 64.3 Å². The minimum Gasteiger partial charge on any atom is -0.0721 e. The third-order valence-corrected chi connectivity index (χ3v) is 5.86. The maximum atomic E-state index is 2.53. The van der Waals surface area contributed by atoms with E-state index in [-0.39, 0.29) is 25.8 Å². The van der Waals surface area contributed by atoms with E-state index >= 15 is 0 Å². The average molecular weight is 460 g/mol. The van der Waals surface area contributed by atoms with E-state index in [1.165, 1.54) is 62.5 Å². The summed E-state index contributed by atoms with van der Waals surface area (Å²) >= 11 is 0. The molecular weight excluding hydrogens is 431 g/mol. The zero-order chi connectivity index (χ0) is 14.9. The van der Waals surface area contributed by atoms with Crippen LogP contribution in [-0.4, -0.2) is 0 Å². The zero-order valence-corrected chi connectivity index (χ0v) is 18.1. The first-order chi connectivity index (χ1) is 10.2. The van der Waals surface area contributed by atoms with Crippen molar-refractivity contribution in [3.8, 4) is 0 Å². The van der Waals surface area contributed by atoms with Crippen molar-refractivity contribution < 1.29 is 25.8 Å². The first-order valence-electron chi connectivity index (χ1n) is 8.91. The van der Waals surface area contributed by atoms with E-state index < -0.39 is 0 Å². The molecule has 0 unspecified atom stereocenters. The second-order valence-corrected chi connectivity index (χ2v) is 7.08. The molecule has 0 spiro atoms. The minimum atomic E-state index is 0. The average Bonchev–Trinajstić information content (AvgIpc) is 3.06. The van der Waals surface area contributed by atoms with Crippen LogP contribution in [0, 0.1) is 11.3 Å². The van der Waals surface area contributed by atoms with E-state index in [4.69, 9.17) is 0 Å². The first kappa shape index (κ1) is 18.2. The van der Waals surface area contributed by atoms with Gasteiger partial charge in [-0.3, -0.25) is 0 Å². The Morgan fingerprint density at radius 1 is 0.909 bits per heavy atom. The van der Waals surface area contributed by atoms with Crippen LogP contribution in [0.2, 0.25) is 0 Å². The summed E-state index contributed by atoms with van der Waals surface area (Å²) in [6.45, 7) is 7.02. The van der Waals surface area contributed by atoms with Crippen molar-refractivity contribution in [3.63, 3.8) is 0 Å². The Morgan fingerprint density at radius 3 is 2.23 bits per heavy atom. The van der Waals surface area contributed by atoms with Crippen LogP contribution in [0.25, 0.3) is 6.08 Å². The van der Waals surface area contributed by atoms with Crippen LogP contribution in [0.1, 0.15) is 81.5 Å². The van der Waals surface area contributed by atoms with Crippen molar-refractivity contribution in [2.75, 3.05) is 0 Å². The van der Waals surface area contributed by atoms with Crippen LogP contribution >= 0.6 is 0 Å². The van der Waals surface area contributed by atoms with Gasteiger partial charge < -0.3 is 0 Å². The van der Waals surface area contributed by atoms with E-state index in [0.717, 1.165) is 0 Å². The maximum absolute atomic E-state index is 2.53. The molecule has 0 saturated carbocycles. The Balaban J connectivity index is 0.00000176. The molecule has 2 aliphatic carbocycles. The fourth-order valence-electron chi connectivity index (χ4n) is 4.14. The molecule has 0 N–H and O–H groups in total. The molecule has 2 aliphatic rings. The van der Waals surface area contributed by atoms with Crippen molar-refractivity contribution in [2.24, 2.45) is 5.41 Å². The number of hydrogen-bond donors (Lipinski definition) is 0. The smallest absolute Gasteiger partial charge is 0.0273 e. The Kier molecular flexibility index (Phi) is 6.28. The van der Waals surface area contributed by atoms with Crippen LogP contribution in [0.15, 0.2) is 18.2 Å². The largest absolute Gasteiger partial charge is 0.0721 e. The number of unbranched alkanes of at least 4 members (excludes halogenated alkanes) is 2. The predicted octanol–water partition coefficient (Wildman–Crippen LogP) is 6.12. The fourth-order valence-corrected chi connectivity index (χ4v) is 4.14. The monoisotopic (exact) mass is 461 g/mol. The van der Waals surface area contributed by atoms with Gasteiger partial charge in [0.2, 0.25) is 0 Å². The van der Waals surface area contributed by atoms with Crippen LogP contribution in [0.5, 0.6) is 0 Å². The summed E-state index contributed by atoms with van der Waals surface area (Å²) in [6, 6.07) is 5.01. The van der Waals surface area contributed by atoms with Gasteiger partial charge in [0.15, 0.2) is 0 Å². The molecule has 1 aromatic rings. The van der Waals surface area contributed by atoms with Gasteiger partial charge in [0.25, 0.3) is 0 Å². The topological polar surface area (TPSA) is 0 Å². The SMILES string of the molecule is CCCCC[C]1C=Cc2cc3c(cc21)CC(CC)(CC)C3.[Hf]. The maximum Gasteiger partial charge on any atom is 0.0273 e. The van der Waals surface area contributed by atoms with E-state index in [0.29, 0.717) is 5.41 Å². The molecule has 0 fully saturated rings. The molecule has 1 aromatic carbocycles. The number of benzene rings is 1. The number of hydrogen-bond acceptors (Lipinski definition) is 0. The summed E-state index contributed by atoms with van der Waals surface area (Å²) in [7, 11) is 0. The second-order valence-electron chi connectivity index (χ2n) is 7.08. The normalized spacial score (nSPS) is 18.1. The summed E-state index contributed by atoms with van der Waals surface area (Å²) in [4.78, 5) is 0. The van der Waals surface area contributed by atoms with Gasteiger partial charge in [-0.15, -0.1) is 0 Å². The van der Waals surface area contributed by atoms with Crippen LogP contribution in [0.3, 0.4) is 0 Å². The second kappa shape index (κ2) is 7.60. The molecule has 22 heavy (non-hydrogen) atoms. The standard InChI is InChI=1S/C21H29.Hf/c1-4-7-8-9-16-10-11-17-12-18-14-21(5-2,6-3)15-19(18)13-20(16)17;/h10-13H,4-9,14-15H2,1-3H3;. The van der Waals surface area contributed by atoms with Crippen molar-refractivity contribution in [2.45, 2.75) is 72.1 Å². The molecular formula is C21H29Hf. The fraction of sp³-hybridized carbons (Fsp3) is 0.571. The molecule has 0 atom stereocenters. The van der Waals surface area contributed by atoms with Gasteiger partial charge >= 0.3 is 0 Å². The van der Waals surface area contributed by atoms with Crippen LogP contribution in [-0.2, 0) is 38.7 Å². The molecule has 0 aliphatic heterocycles. The van der Waals surface area contributed by atoms with Crippen molar-refractivity contribution >= 4 is 6.08 Å². The molecule has 1 radical (unpaired) electrons. The quantitative estimate of drug-likeness (QED) is 0.355. The van der Waals surface area contributed by atoms with Gasteiger partial charge in [0.05, 0.1) is 0 Å².